The lowest BCUT2D eigenvalue weighted by Crippen LogP contribution is -2.46. The van der Waals surface area contributed by atoms with E-state index < -0.39 is 36.2 Å². The highest BCUT2D eigenvalue weighted by molar-refractivity contribution is 7.87. The van der Waals surface area contributed by atoms with Crippen molar-refractivity contribution in [2.24, 2.45) is 0 Å². The molecule has 10 nitrogen and oxygen atoms in total. The van der Waals surface area contributed by atoms with Crippen molar-refractivity contribution in [3.8, 4) is 5.75 Å². The zero-order valence-corrected chi connectivity index (χ0v) is 18.8. The largest absolute Gasteiger partial charge is 0.379 e. The van der Waals surface area contributed by atoms with E-state index in [2.05, 4.69) is 0 Å². The fourth-order valence-corrected chi connectivity index (χ4v) is 4.81. The maximum atomic E-state index is 12.6. The molecule has 2 aromatic rings. The second kappa shape index (κ2) is 10.2. The zero-order valence-electron chi connectivity index (χ0n) is 16.4. The van der Waals surface area contributed by atoms with Crippen LogP contribution >= 0.6 is 23.2 Å². The van der Waals surface area contributed by atoms with E-state index in [4.69, 9.17) is 27.4 Å². The first-order chi connectivity index (χ1) is 14.5. The molecule has 0 saturated heterocycles. The summed E-state index contributed by atoms with van der Waals surface area (Å²) in [6.07, 6.45) is 0. The van der Waals surface area contributed by atoms with Gasteiger partial charge in [0.25, 0.3) is 11.4 Å². The highest BCUT2D eigenvalue weighted by Gasteiger charge is 2.30. The average molecular weight is 493 g/mol. The van der Waals surface area contributed by atoms with Gasteiger partial charge >= 0.3 is 10.1 Å². The van der Waals surface area contributed by atoms with Crippen LogP contribution in [0.5, 0.6) is 5.75 Å². The molecule has 0 aliphatic carbocycles. The van der Waals surface area contributed by atoms with Gasteiger partial charge < -0.3 is 8.67 Å². The predicted molar refractivity (Wildman–Crippen MR) is 115 cm³/mol. The van der Waals surface area contributed by atoms with Crippen LogP contribution in [0.25, 0.3) is 0 Å². The first kappa shape index (κ1) is 24.8. The Kier molecular flexibility index (Phi) is 8.18. The quantitative estimate of drug-likeness (QED) is 0.153. The van der Waals surface area contributed by atoms with Crippen molar-refractivity contribution in [3.05, 3.63) is 68.3 Å². The molecule has 0 aromatic heterocycles. The summed E-state index contributed by atoms with van der Waals surface area (Å²) in [5, 5.41) is 22.0. The minimum absolute atomic E-state index is 0.0553. The van der Waals surface area contributed by atoms with Crippen molar-refractivity contribution in [2.45, 2.75) is 11.4 Å². The molecule has 0 heterocycles. The molecular formula is C18H20Cl2N3O7S+. The van der Waals surface area contributed by atoms with E-state index in [0.29, 0.717) is 41.9 Å². The van der Waals surface area contributed by atoms with Gasteiger partial charge in [0, 0.05) is 11.6 Å². The number of hydrogen-bond acceptors (Lipinski definition) is 7. The first-order valence-corrected chi connectivity index (χ1v) is 11.4. The number of nitro benzene ring substituents is 2. The third kappa shape index (κ3) is 6.50. The molecule has 0 atom stereocenters. The van der Waals surface area contributed by atoms with Gasteiger partial charge in [-0.05, 0) is 30.3 Å². The van der Waals surface area contributed by atoms with Crippen molar-refractivity contribution < 1.29 is 26.9 Å². The van der Waals surface area contributed by atoms with Gasteiger partial charge in [-0.15, -0.1) is 23.2 Å². The van der Waals surface area contributed by atoms with E-state index in [1.54, 1.807) is 12.1 Å². The van der Waals surface area contributed by atoms with E-state index in [0.717, 1.165) is 17.7 Å². The molecule has 0 fully saturated rings. The zero-order chi connectivity index (χ0) is 23.2. The van der Waals surface area contributed by atoms with Crippen molar-refractivity contribution in [3.63, 3.8) is 0 Å². The minimum Gasteiger partial charge on any atom is -0.379 e. The van der Waals surface area contributed by atoms with Crippen molar-refractivity contribution >= 4 is 44.7 Å². The highest BCUT2D eigenvalue weighted by Crippen LogP contribution is 2.30. The number of halogens is 2. The number of quaternary nitrogens is 1. The lowest BCUT2D eigenvalue weighted by molar-refractivity contribution is -0.918. The van der Waals surface area contributed by atoms with Gasteiger partial charge in [0.05, 0.1) is 47.8 Å². The molecule has 31 heavy (non-hydrogen) atoms. The number of nitrogens with zero attached hydrogens (tertiary/aromatic N) is 3. The Morgan fingerprint density at radius 3 is 2.03 bits per heavy atom. The SMILES string of the molecule is C[N+](CCCl)(CCCl)Cc1ccc(OS(=O)(=O)c2ccc([N+](=O)[O-])cc2[N+](=O)[O-])cc1. The fraction of sp³-hybridized carbons (Fsp3) is 0.333. The molecule has 0 radical (unpaired) electrons. The summed E-state index contributed by atoms with van der Waals surface area (Å²) in [4.78, 5) is 19.4. The third-order valence-electron chi connectivity index (χ3n) is 4.56. The molecule has 0 spiro atoms. The smallest absolute Gasteiger partial charge is 0.346 e. The number of rotatable bonds is 11. The van der Waals surface area contributed by atoms with Crippen LogP contribution in [0.2, 0.25) is 0 Å². The van der Waals surface area contributed by atoms with Gasteiger partial charge in [0.1, 0.15) is 12.3 Å². The molecule has 2 rings (SSSR count). The second-order valence-corrected chi connectivity index (χ2v) is 9.22. The molecule has 0 bridgehead atoms. The van der Waals surface area contributed by atoms with Crippen molar-refractivity contribution in [2.75, 3.05) is 31.9 Å². The standard InChI is InChI=1S/C18H20Cl2N3O7S/c1-23(10-8-19,11-9-20)13-14-2-5-16(6-3-14)30-31(28,29)18-7-4-15(21(24)25)12-17(18)22(26)27/h2-7,12H,8-11,13H2,1H3/q+1. The molecule has 168 valence electrons. The molecule has 0 unspecified atom stereocenters. The van der Waals surface area contributed by atoms with Gasteiger partial charge in [0.15, 0.2) is 4.90 Å². The van der Waals surface area contributed by atoms with Gasteiger partial charge in [-0.25, -0.2) is 0 Å². The van der Waals surface area contributed by atoms with Crippen molar-refractivity contribution in [1.82, 2.24) is 0 Å². The molecule has 13 heteroatoms. The summed E-state index contributed by atoms with van der Waals surface area (Å²) < 4.78 is 30.7. The van der Waals surface area contributed by atoms with Gasteiger partial charge in [-0.3, -0.25) is 20.2 Å². The van der Waals surface area contributed by atoms with Crippen LogP contribution in [0.4, 0.5) is 11.4 Å². The minimum atomic E-state index is -4.60. The Balaban J connectivity index is 2.26. The lowest BCUT2D eigenvalue weighted by atomic mass is 10.2. The molecule has 0 saturated carbocycles. The maximum absolute atomic E-state index is 12.6. The van der Waals surface area contributed by atoms with Crippen LogP contribution in [0, 0.1) is 20.2 Å². The summed E-state index contributed by atoms with van der Waals surface area (Å²) >= 11 is 11.8. The number of alkyl halides is 2. The van der Waals surface area contributed by atoms with E-state index in [9.17, 15) is 28.6 Å². The molecule has 0 aliphatic rings. The monoisotopic (exact) mass is 492 g/mol. The predicted octanol–water partition coefficient (Wildman–Crippen LogP) is 3.69. The summed E-state index contributed by atoms with van der Waals surface area (Å²) in [5.41, 5.74) is -0.657. The number of hydrogen-bond donors (Lipinski definition) is 0. The number of non-ortho nitro benzene ring substituents is 1. The number of nitro groups is 2. The third-order valence-corrected chi connectivity index (χ3v) is 6.20. The lowest BCUT2D eigenvalue weighted by Gasteiger charge is -2.33. The summed E-state index contributed by atoms with van der Waals surface area (Å²) in [7, 11) is -2.59. The highest BCUT2D eigenvalue weighted by atomic mass is 35.5. The van der Waals surface area contributed by atoms with Crippen LogP contribution in [-0.4, -0.2) is 54.6 Å². The first-order valence-electron chi connectivity index (χ1n) is 8.93. The van der Waals surface area contributed by atoms with Crippen LogP contribution in [0.1, 0.15) is 5.56 Å². The van der Waals surface area contributed by atoms with E-state index in [1.165, 1.54) is 12.1 Å². The van der Waals surface area contributed by atoms with Crippen LogP contribution in [0.3, 0.4) is 0 Å². The Hall–Kier alpha value is -2.47. The van der Waals surface area contributed by atoms with Gasteiger partial charge in [0.2, 0.25) is 0 Å². The normalized spacial score (nSPS) is 11.8. The fourth-order valence-electron chi connectivity index (χ4n) is 2.91. The van der Waals surface area contributed by atoms with Gasteiger partial charge in [-0.1, -0.05) is 0 Å². The Labute approximate surface area is 189 Å². The summed E-state index contributed by atoms with van der Waals surface area (Å²) in [6.45, 7) is 2.01. The van der Waals surface area contributed by atoms with E-state index in [1.807, 2.05) is 7.05 Å². The number of benzene rings is 2. The van der Waals surface area contributed by atoms with Crippen LogP contribution in [-0.2, 0) is 16.7 Å². The Morgan fingerprint density at radius 1 is 0.968 bits per heavy atom. The van der Waals surface area contributed by atoms with Gasteiger partial charge in [-0.2, -0.15) is 8.42 Å². The summed E-state index contributed by atoms with van der Waals surface area (Å²) in [6, 6.07) is 8.42. The second-order valence-electron chi connectivity index (χ2n) is 6.95. The average Bonchev–Trinajstić information content (AvgIpc) is 2.69. The molecule has 0 amide bonds. The van der Waals surface area contributed by atoms with Crippen molar-refractivity contribution in [1.29, 1.82) is 0 Å². The van der Waals surface area contributed by atoms with E-state index in [-0.39, 0.29) is 5.75 Å². The maximum Gasteiger partial charge on any atom is 0.346 e. The van der Waals surface area contributed by atoms with Crippen LogP contribution in [0.15, 0.2) is 47.4 Å². The summed E-state index contributed by atoms with van der Waals surface area (Å²) in [5.74, 6) is 0.863. The Morgan fingerprint density at radius 2 is 1.55 bits per heavy atom. The Bertz CT molecular complexity index is 1060. The molecule has 0 N–H and O–H groups in total. The molecule has 0 aliphatic heterocycles. The topological polar surface area (TPSA) is 130 Å². The van der Waals surface area contributed by atoms with Crippen LogP contribution < -0.4 is 4.18 Å². The molecule has 2 aromatic carbocycles. The van der Waals surface area contributed by atoms with E-state index >= 15 is 0 Å². The molecular weight excluding hydrogens is 473 g/mol.